The van der Waals surface area contributed by atoms with Crippen LogP contribution >= 0.6 is 0 Å². The van der Waals surface area contributed by atoms with E-state index in [2.05, 4.69) is 30.1 Å². The fourth-order valence-electron chi connectivity index (χ4n) is 3.85. The summed E-state index contributed by atoms with van der Waals surface area (Å²) in [7, 11) is 0. The molecule has 0 radical (unpaired) electrons. The summed E-state index contributed by atoms with van der Waals surface area (Å²) < 4.78 is 5.43. The number of carbonyl (C=O) groups is 1. The standard InChI is InChI=1S/C23H32N2O2/c1-3-5-7-18(4-2)17-25-13-10-20(11-14-25)24-23(26)16-19-8-6-9-22-21(19)12-15-27-22/h6-9,12,15,20H,3-5,10-11,13-14,16-17H2,1-2H3,(H,24,26)/b18-7+. The van der Waals surface area contributed by atoms with Crippen molar-refractivity contribution in [3.05, 3.63) is 47.7 Å². The molecule has 4 nitrogen and oxygen atoms in total. The number of nitrogens with one attached hydrogen (secondary N) is 1. The molecule has 2 heterocycles. The van der Waals surface area contributed by atoms with Gasteiger partial charge in [0, 0.05) is 31.1 Å². The summed E-state index contributed by atoms with van der Waals surface area (Å²) in [6.07, 6.45) is 10.1. The summed E-state index contributed by atoms with van der Waals surface area (Å²) >= 11 is 0. The highest BCUT2D eigenvalue weighted by molar-refractivity contribution is 5.87. The molecule has 1 aliphatic heterocycles. The molecule has 0 saturated carbocycles. The van der Waals surface area contributed by atoms with Gasteiger partial charge in [-0.05, 0) is 43.4 Å². The first-order valence-corrected chi connectivity index (χ1v) is 10.3. The lowest BCUT2D eigenvalue weighted by Gasteiger charge is -2.33. The Kier molecular flexibility index (Phi) is 7.11. The quantitative estimate of drug-likeness (QED) is 0.688. The molecular weight excluding hydrogens is 336 g/mol. The number of rotatable bonds is 8. The minimum atomic E-state index is 0.110. The molecule has 1 aromatic carbocycles. The van der Waals surface area contributed by atoms with Crippen molar-refractivity contribution in [3.63, 3.8) is 0 Å². The fourth-order valence-corrected chi connectivity index (χ4v) is 3.85. The summed E-state index contributed by atoms with van der Waals surface area (Å²) in [4.78, 5) is 15.0. The monoisotopic (exact) mass is 368 g/mol. The van der Waals surface area contributed by atoms with E-state index >= 15 is 0 Å². The van der Waals surface area contributed by atoms with Crippen LogP contribution in [0.5, 0.6) is 0 Å². The molecule has 146 valence electrons. The van der Waals surface area contributed by atoms with Crippen LogP contribution in [0, 0.1) is 0 Å². The zero-order valence-electron chi connectivity index (χ0n) is 16.7. The van der Waals surface area contributed by atoms with Crippen molar-refractivity contribution in [2.75, 3.05) is 19.6 Å². The van der Waals surface area contributed by atoms with Crippen LogP contribution in [0.1, 0.15) is 51.5 Å². The fraction of sp³-hybridized carbons (Fsp3) is 0.522. The highest BCUT2D eigenvalue weighted by Gasteiger charge is 2.21. The largest absolute Gasteiger partial charge is 0.464 e. The van der Waals surface area contributed by atoms with Crippen molar-refractivity contribution in [1.82, 2.24) is 10.2 Å². The second-order valence-electron chi connectivity index (χ2n) is 7.55. The minimum Gasteiger partial charge on any atom is -0.464 e. The van der Waals surface area contributed by atoms with Crippen LogP contribution in [0.25, 0.3) is 11.0 Å². The van der Waals surface area contributed by atoms with Gasteiger partial charge in [0.1, 0.15) is 5.58 Å². The minimum absolute atomic E-state index is 0.110. The molecule has 1 aliphatic rings. The Hall–Kier alpha value is -2.07. The number of unbranched alkanes of at least 4 members (excludes halogenated alkanes) is 1. The van der Waals surface area contributed by atoms with Gasteiger partial charge < -0.3 is 9.73 Å². The van der Waals surface area contributed by atoms with Crippen molar-refractivity contribution >= 4 is 16.9 Å². The van der Waals surface area contributed by atoms with Gasteiger partial charge in [0.2, 0.25) is 5.91 Å². The predicted molar refractivity (Wildman–Crippen MR) is 111 cm³/mol. The Balaban J connectivity index is 1.46. The zero-order chi connectivity index (χ0) is 19.1. The Morgan fingerprint density at radius 2 is 2.07 bits per heavy atom. The number of furan rings is 1. The van der Waals surface area contributed by atoms with E-state index in [4.69, 9.17) is 4.42 Å². The van der Waals surface area contributed by atoms with Crippen molar-refractivity contribution in [1.29, 1.82) is 0 Å². The maximum atomic E-state index is 12.5. The van der Waals surface area contributed by atoms with Crippen LogP contribution < -0.4 is 5.32 Å². The van der Waals surface area contributed by atoms with E-state index < -0.39 is 0 Å². The molecule has 4 heteroatoms. The van der Waals surface area contributed by atoms with Crippen molar-refractivity contribution < 1.29 is 9.21 Å². The third-order valence-corrected chi connectivity index (χ3v) is 5.49. The van der Waals surface area contributed by atoms with Crippen LogP contribution in [0.4, 0.5) is 0 Å². The van der Waals surface area contributed by atoms with Gasteiger partial charge in [0.25, 0.3) is 0 Å². The maximum Gasteiger partial charge on any atom is 0.224 e. The molecule has 1 amide bonds. The van der Waals surface area contributed by atoms with Gasteiger partial charge in [-0.25, -0.2) is 0 Å². The van der Waals surface area contributed by atoms with E-state index in [1.807, 2.05) is 24.3 Å². The second-order valence-corrected chi connectivity index (χ2v) is 7.55. The SMILES string of the molecule is CCC/C=C(\CC)CN1CCC(NC(=O)Cc2cccc3occc23)CC1. The highest BCUT2D eigenvalue weighted by Crippen LogP contribution is 2.20. The first-order chi connectivity index (χ1) is 13.2. The van der Waals surface area contributed by atoms with Gasteiger partial charge in [0.15, 0.2) is 0 Å². The van der Waals surface area contributed by atoms with Crippen LogP contribution in [-0.2, 0) is 11.2 Å². The summed E-state index contributed by atoms with van der Waals surface area (Å²) in [5.41, 5.74) is 3.42. The number of fused-ring (bicyclic) bond motifs is 1. The van der Waals surface area contributed by atoms with E-state index in [1.54, 1.807) is 11.8 Å². The average molecular weight is 369 g/mol. The first kappa shape index (κ1) is 19.7. The Morgan fingerprint density at radius 3 is 2.81 bits per heavy atom. The number of nitrogens with zero attached hydrogens (tertiary/aromatic N) is 1. The van der Waals surface area contributed by atoms with E-state index in [0.29, 0.717) is 12.5 Å². The number of piperidine rings is 1. The smallest absolute Gasteiger partial charge is 0.224 e. The number of hydrogen-bond donors (Lipinski definition) is 1. The molecule has 1 fully saturated rings. The molecule has 3 rings (SSSR count). The molecule has 2 aromatic rings. The third-order valence-electron chi connectivity index (χ3n) is 5.49. The van der Waals surface area contributed by atoms with Gasteiger partial charge >= 0.3 is 0 Å². The molecule has 1 aromatic heterocycles. The van der Waals surface area contributed by atoms with Gasteiger partial charge in [-0.1, -0.05) is 44.1 Å². The van der Waals surface area contributed by atoms with Gasteiger partial charge in [-0.3, -0.25) is 9.69 Å². The normalized spacial score (nSPS) is 16.7. The maximum absolute atomic E-state index is 12.5. The van der Waals surface area contributed by atoms with Crippen LogP contribution in [0.15, 0.2) is 46.6 Å². The first-order valence-electron chi connectivity index (χ1n) is 10.3. The van der Waals surface area contributed by atoms with Gasteiger partial charge in [-0.2, -0.15) is 0 Å². The topological polar surface area (TPSA) is 45.5 Å². The number of amides is 1. The van der Waals surface area contributed by atoms with Crippen LogP contribution in [0.3, 0.4) is 0 Å². The lowest BCUT2D eigenvalue weighted by Crippen LogP contribution is -2.45. The molecule has 1 N–H and O–H groups in total. The van der Waals surface area contributed by atoms with Crippen LogP contribution in [0.2, 0.25) is 0 Å². The van der Waals surface area contributed by atoms with Crippen molar-refractivity contribution in [2.45, 2.75) is 58.4 Å². The Bertz CT molecular complexity index is 770. The molecule has 1 saturated heterocycles. The van der Waals surface area contributed by atoms with Gasteiger partial charge in [0.05, 0.1) is 12.7 Å². The molecule has 0 spiro atoms. The van der Waals surface area contributed by atoms with E-state index in [0.717, 1.165) is 55.4 Å². The summed E-state index contributed by atoms with van der Waals surface area (Å²) in [5.74, 6) is 0.110. The van der Waals surface area contributed by atoms with E-state index in [-0.39, 0.29) is 5.91 Å². The number of carbonyl (C=O) groups excluding carboxylic acids is 1. The van der Waals surface area contributed by atoms with E-state index in [9.17, 15) is 4.79 Å². The number of hydrogen-bond acceptors (Lipinski definition) is 3. The third kappa shape index (κ3) is 5.46. The number of allylic oxidation sites excluding steroid dienone is 1. The highest BCUT2D eigenvalue weighted by atomic mass is 16.3. The number of likely N-dealkylation sites (tertiary alicyclic amines) is 1. The Morgan fingerprint density at radius 1 is 1.26 bits per heavy atom. The predicted octanol–water partition coefficient (Wildman–Crippen LogP) is 4.69. The molecule has 0 bridgehead atoms. The summed E-state index contributed by atoms with van der Waals surface area (Å²) in [6, 6.07) is 8.13. The summed E-state index contributed by atoms with van der Waals surface area (Å²) in [5, 5.41) is 4.27. The Labute approximate surface area is 162 Å². The molecule has 0 aliphatic carbocycles. The molecular formula is C23H32N2O2. The lowest BCUT2D eigenvalue weighted by atomic mass is 10.0. The van der Waals surface area contributed by atoms with Crippen LogP contribution in [-0.4, -0.2) is 36.5 Å². The second kappa shape index (κ2) is 9.75. The van der Waals surface area contributed by atoms with E-state index in [1.165, 1.54) is 12.8 Å². The molecule has 0 unspecified atom stereocenters. The number of benzene rings is 1. The molecule has 0 atom stereocenters. The zero-order valence-corrected chi connectivity index (χ0v) is 16.7. The lowest BCUT2D eigenvalue weighted by molar-refractivity contribution is -0.121. The summed E-state index contributed by atoms with van der Waals surface area (Å²) in [6.45, 7) is 7.68. The molecule has 27 heavy (non-hydrogen) atoms. The van der Waals surface area contributed by atoms with Crippen molar-refractivity contribution in [2.24, 2.45) is 0 Å². The van der Waals surface area contributed by atoms with Crippen molar-refractivity contribution in [3.8, 4) is 0 Å². The van der Waals surface area contributed by atoms with Gasteiger partial charge in [-0.15, -0.1) is 0 Å². The average Bonchev–Trinajstić information content (AvgIpc) is 3.16.